The maximum Gasteiger partial charge on any atom is 0.328 e. The molecular formula is C26H29N3O2. The minimum absolute atomic E-state index is 0.00215. The molecule has 31 heavy (non-hydrogen) atoms. The highest BCUT2D eigenvalue weighted by molar-refractivity contribution is 5.83. The summed E-state index contributed by atoms with van der Waals surface area (Å²) in [6, 6.07) is 19.5. The van der Waals surface area contributed by atoms with E-state index in [1.54, 1.807) is 17.7 Å². The van der Waals surface area contributed by atoms with Gasteiger partial charge in [-0.3, -0.25) is 14.1 Å². The summed E-state index contributed by atoms with van der Waals surface area (Å²) in [4.78, 5) is 17.2. The number of nitrogens with zero attached hydrogens (tertiary/aromatic N) is 3. The van der Waals surface area contributed by atoms with Gasteiger partial charge >= 0.3 is 5.69 Å². The fourth-order valence-electron chi connectivity index (χ4n) is 4.01. The van der Waals surface area contributed by atoms with Gasteiger partial charge in [-0.1, -0.05) is 51.1 Å². The van der Waals surface area contributed by atoms with Crippen molar-refractivity contribution in [2.45, 2.75) is 39.8 Å². The van der Waals surface area contributed by atoms with Crippen molar-refractivity contribution < 1.29 is 5.11 Å². The van der Waals surface area contributed by atoms with Crippen LogP contribution in [0.15, 0.2) is 71.7 Å². The number of benzene rings is 2. The molecule has 0 saturated heterocycles. The first-order valence-corrected chi connectivity index (χ1v) is 10.5. The number of aliphatic hydroxyl groups is 1. The molecule has 0 fully saturated rings. The van der Waals surface area contributed by atoms with Crippen molar-refractivity contribution >= 4 is 11.0 Å². The summed E-state index contributed by atoms with van der Waals surface area (Å²) >= 11 is 0. The summed E-state index contributed by atoms with van der Waals surface area (Å²) in [7, 11) is 1.82. The van der Waals surface area contributed by atoms with Crippen LogP contribution in [-0.4, -0.2) is 19.2 Å². The van der Waals surface area contributed by atoms with Crippen LogP contribution in [0.25, 0.3) is 22.2 Å². The maximum absolute atomic E-state index is 12.8. The molecule has 0 aliphatic carbocycles. The Morgan fingerprint density at radius 3 is 2.32 bits per heavy atom. The zero-order valence-electron chi connectivity index (χ0n) is 18.8. The fourth-order valence-corrected chi connectivity index (χ4v) is 4.01. The summed E-state index contributed by atoms with van der Waals surface area (Å²) in [6.07, 6.45) is 1.68. The summed E-state index contributed by atoms with van der Waals surface area (Å²) in [5, 5.41) is 11.2. The second-order valence-electron chi connectivity index (χ2n) is 9.56. The molecule has 4 rings (SSSR count). The fraction of sp³-hybridized carbons (Fsp3) is 0.308. The third kappa shape index (κ3) is 3.93. The third-order valence-electron chi connectivity index (χ3n) is 5.70. The Morgan fingerprint density at radius 1 is 0.903 bits per heavy atom. The third-order valence-corrected chi connectivity index (χ3v) is 5.70. The second-order valence-corrected chi connectivity index (χ2v) is 9.56. The van der Waals surface area contributed by atoms with E-state index in [4.69, 9.17) is 0 Å². The molecule has 0 amide bonds. The molecule has 0 radical (unpaired) electrons. The Hall–Kier alpha value is -3.18. The van der Waals surface area contributed by atoms with Gasteiger partial charge in [0.25, 0.3) is 0 Å². The first-order valence-electron chi connectivity index (χ1n) is 10.5. The van der Waals surface area contributed by atoms with Crippen LogP contribution in [0.3, 0.4) is 0 Å². The van der Waals surface area contributed by atoms with Gasteiger partial charge in [0.05, 0.1) is 16.7 Å². The lowest BCUT2D eigenvalue weighted by Crippen LogP contribution is -2.27. The molecule has 0 bridgehead atoms. The van der Waals surface area contributed by atoms with Crippen LogP contribution in [0.4, 0.5) is 0 Å². The van der Waals surface area contributed by atoms with Gasteiger partial charge < -0.3 is 5.11 Å². The normalized spacial score (nSPS) is 14.0. The largest absolute Gasteiger partial charge is 0.379 e. The van der Waals surface area contributed by atoms with Gasteiger partial charge in [-0.15, -0.1) is 0 Å². The minimum atomic E-state index is -1.20. The van der Waals surface area contributed by atoms with E-state index >= 15 is 0 Å². The molecule has 2 aromatic carbocycles. The molecule has 1 N–H and O–H groups in total. The van der Waals surface area contributed by atoms with E-state index in [0.29, 0.717) is 12.2 Å². The van der Waals surface area contributed by atoms with Gasteiger partial charge in [0.2, 0.25) is 0 Å². The number of fused-ring (bicyclic) bond motifs is 1. The molecule has 2 heterocycles. The summed E-state index contributed by atoms with van der Waals surface area (Å²) in [6.45, 7) is 8.81. The van der Waals surface area contributed by atoms with Crippen molar-refractivity contribution in [3.05, 3.63) is 88.6 Å². The molecule has 1 atom stereocenters. The van der Waals surface area contributed by atoms with Crippen molar-refractivity contribution in [2.24, 2.45) is 12.5 Å². The molecule has 5 nitrogen and oxygen atoms in total. The van der Waals surface area contributed by atoms with Crippen LogP contribution in [0.2, 0.25) is 0 Å². The lowest BCUT2D eigenvalue weighted by molar-refractivity contribution is 0.0974. The van der Waals surface area contributed by atoms with E-state index in [2.05, 4.69) is 25.8 Å². The number of imidazole rings is 1. The quantitative estimate of drug-likeness (QED) is 0.525. The van der Waals surface area contributed by atoms with Crippen LogP contribution in [0.1, 0.15) is 39.0 Å². The van der Waals surface area contributed by atoms with Crippen LogP contribution < -0.4 is 5.69 Å². The monoisotopic (exact) mass is 415 g/mol. The molecule has 2 aromatic heterocycles. The highest BCUT2D eigenvalue weighted by atomic mass is 16.3. The first-order chi connectivity index (χ1) is 14.6. The highest BCUT2D eigenvalue weighted by Crippen LogP contribution is 2.32. The van der Waals surface area contributed by atoms with E-state index in [-0.39, 0.29) is 11.1 Å². The van der Waals surface area contributed by atoms with Crippen molar-refractivity contribution in [1.82, 2.24) is 14.1 Å². The predicted octanol–water partition coefficient (Wildman–Crippen LogP) is 4.70. The molecule has 4 aromatic rings. The lowest BCUT2D eigenvalue weighted by atomic mass is 9.89. The van der Waals surface area contributed by atoms with Gasteiger partial charge in [-0.25, -0.2) is 4.79 Å². The summed E-state index contributed by atoms with van der Waals surface area (Å²) in [5.74, 6) is 0. The Labute approximate surface area is 182 Å². The zero-order valence-corrected chi connectivity index (χ0v) is 18.8. The van der Waals surface area contributed by atoms with Crippen LogP contribution in [0.5, 0.6) is 0 Å². The number of aryl methyl sites for hydroxylation is 1. The molecule has 0 spiro atoms. The van der Waals surface area contributed by atoms with Crippen molar-refractivity contribution in [1.29, 1.82) is 0 Å². The Morgan fingerprint density at radius 2 is 1.65 bits per heavy atom. The molecule has 0 aliphatic rings. The van der Waals surface area contributed by atoms with E-state index < -0.39 is 5.60 Å². The smallest absolute Gasteiger partial charge is 0.328 e. The molecule has 0 aliphatic heterocycles. The molecule has 0 saturated carbocycles. The molecule has 160 valence electrons. The SMILES string of the molecule is Cn1c(=O)n(CC(C)(C)C)c2ccc(-c3cccc(C(C)(O)c4ccccn4)c3)cc21. The maximum atomic E-state index is 12.8. The second kappa shape index (κ2) is 7.50. The van der Waals surface area contributed by atoms with Gasteiger partial charge in [-0.2, -0.15) is 0 Å². The number of aromatic nitrogens is 3. The van der Waals surface area contributed by atoms with Gasteiger partial charge in [-0.05, 0) is 59.4 Å². The number of rotatable bonds is 4. The van der Waals surface area contributed by atoms with Crippen molar-refractivity contribution in [3.63, 3.8) is 0 Å². The van der Waals surface area contributed by atoms with E-state index in [0.717, 1.165) is 27.7 Å². The topological polar surface area (TPSA) is 60.0 Å². The van der Waals surface area contributed by atoms with Gasteiger partial charge in [0.1, 0.15) is 5.60 Å². The van der Waals surface area contributed by atoms with E-state index in [1.807, 2.05) is 72.3 Å². The van der Waals surface area contributed by atoms with Crippen molar-refractivity contribution in [3.8, 4) is 11.1 Å². The minimum Gasteiger partial charge on any atom is -0.379 e. The first kappa shape index (κ1) is 21.1. The Kier molecular flexibility index (Phi) is 5.10. The highest BCUT2D eigenvalue weighted by Gasteiger charge is 2.27. The van der Waals surface area contributed by atoms with Crippen LogP contribution in [0, 0.1) is 5.41 Å². The average Bonchev–Trinajstić information content (AvgIpc) is 2.97. The summed E-state index contributed by atoms with van der Waals surface area (Å²) in [5.41, 5.74) is 3.96. The number of hydrogen-bond acceptors (Lipinski definition) is 3. The standard InChI is InChI=1S/C26H29N3O2/c1-25(2,3)17-29-21-13-12-19(16-22(21)28(5)24(29)30)18-9-8-10-20(15-18)26(4,31)23-11-6-7-14-27-23/h6-16,31H,17H2,1-5H3. The lowest BCUT2D eigenvalue weighted by Gasteiger charge is -2.24. The Bertz CT molecular complexity index is 1290. The van der Waals surface area contributed by atoms with Crippen LogP contribution in [-0.2, 0) is 19.2 Å². The number of hydrogen-bond donors (Lipinski definition) is 1. The molecular weight excluding hydrogens is 386 g/mol. The summed E-state index contributed by atoms with van der Waals surface area (Å²) < 4.78 is 3.56. The van der Waals surface area contributed by atoms with E-state index in [1.165, 1.54) is 0 Å². The van der Waals surface area contributed by atoms with Crippen molar-refractivity contribution in [2.75, 3.05) is 0 Å². The average molecular weight is 416 g/mol. The zero-order chi connectivity index (χ0) is 22.4. The van der Waals surface area contributed by atoms with E-state index in [9.17, 15) is 9.90 Å². The molecule has 5 heteroatoms. The van der Waals surface area contributed by atoms with Gasteiger partial charge in [0, 0.05) is 19.8 Å². The predicted molar refractivity (Wildman–Crippen MR) is 125 cm³/mol. The van der Waals surface area contributed by atoms with Crippen LogP contribution >= 0.6 is 0 Å². The Balaban J connectivity index is 1.79. The molecule has 1 unspecified atom stereocenters. The number of pyridine rings is 1. The van der Waals surface area contributed by atoms with Gasteiger partial charge in [0.15, 0.2) is 0 Å².